The summed E-state index contributed by atoms with van der Waals surface area (Å²) in [6, 6.07) is 20.9. The minimum atomic E-state index is -3.56. The molecule has 7 heteroatoms. The molecule has 1 heterocycles. The van der Waals surface area contributed by atoms with Gasteiger partial charge >= 0.3 is 0 Å². The molecule has 0 aliphatic rings. The highest BCUT2D eigenvalue weighted by atomic mass is 32.2. The van der Waals surface area contributed by atoms with Gasteiger partial charge in [-0.3, -0.25) is 4.79 Å². The molecule has 29 heavy (non-hydrogen) atoms. The van der Waals surface area contributed by atoms with Crippen molar-refractivity contribution in [3.63, 3.8) is 0 Å². The number of rotatable bonds is 5. The molecule has 0 unspecified atom stereocenters. The number of sulfone groups is 1. The molecular formula is C22H17FN2O3S. The highest BCUT2D eigenvalue weighted by Crippen LogP contribution is 2.24. The molecule has 0 fully saturated rings. The fraction of sp³-hybridized carbons (Fsp3) is 0.0909. The summed E-state index contributed by atoms with van der Waals surface area (Å²) in [6.07, 6.45) is 0. The lowest BCUT2D eigenvalue weighted by atomic mass is 10.1. The van der Waals surface area contributed by atoms with Crippen molar-refractivity contribution < 1.29 is 12.8 Å². The van der Waals surface area contributed by atoms with Gasteiger partial charge in [-0.1, -0.05) is 36.4 Å². The zero-order valence-electron chi connectivity index (χ0n) is 15.3. The molecule has 0 atom stereocenters. The molecule has 4 rings (SSSR count). The van der Waals surface area contributed by atoms with Crippen molar-refractivity contribution in [2.24, 2.45) is 0 Å². The Hall–Kier alpha value is -3.32. The Bertz CT molecular complexity index is 1330. The molecule has 0 saturated carbocycles. The average molecular weight is 408 g/mol. The van der Waals surface area contributed by atoms with Crippen LogP contribution in [0.25, 0.3) is 22.0 Å². The lowest BCUT2D eigenvalue weighted by Crippen LogP contribution is -2.27. The SMILES string of the molecule is O=c1c2ccccc2c(-c2ccc(F)cc2)nn1CCS(=O)(=O)c1ccccc1. The molecule has 0 saturated heterocycles. The van der Waals surface area contributed by atoms with Crippen LogP contribution in [0.4, 0.5) is 4.39 Å². The fourth-order valence-electron chi connectivity index (χ4n) is 3.16. The van der Waals surface area contributed by atoms with Crippen LogP contribution in [0.3, 0.4) is 0 Å². The van der Waals surface area contributed by atoms with E-state index in [4.69, 9.17) is 0 Å². The second-order valence-electron chi connectivity index (χ2n) is 6.56. The van der Waals surface area contributed by atoms with Crippen LogP contribution in [0.1, 0.15) is 0 Å². The summed E-state index contributed by atoms with van der Waals surface area (Å²) in [5, 5.41) is 5.47. The van der Waals surface area contributed by atoms with Crippen LogP contribution in [0.5, 0.6) is 0 Å². The number of nitrogens with zero attached hydrogens (tertiary/aromatic N) is 2. The van der Waals surface area contributed by atoms with Crippen molar-refractivity contribution in [3.8, 4) is 11.3 Å². The Morgan fingerprint density at radius 2 is 1.45 bits per heavy atom. The monoisotopic (exact) mass is 408 g/mol. The van der Waals surface area contributed by atoms with Gasteiger partial charge in [-0.05, 0) is 42.5 Å². The van der Waals surface area contributed by atoms with Gasteiger partial charge in [0.05, 0.1) is 28.3 Å². The van der Waals surface area contributed by atoms with E-state index in [-0.39, 0.29) is 28.6 Å². The Kier molecular flexibility index (Phi) is 4.98. The molecule has 0 spiro atoms. The van der Waals surface area contributed by atoms with Crippen molar-refractivity contribution in [1.82, 2.24) is 9.78 Å². The largest absolute Gasteiger partial charge is 0.274 e. The highest BCUT2D eigenvalue weighted by molar-refractivity contribution is 7.91. The van der Waals surface area contributed by atoms with Crippen molar-refractivity contribution >= 4 is 20.6 Å². The predicted octanol–water partition coefficient (Wildman–Crippen LogP) is 3.68. The maximum absolute atomic E-state index is 13.3. The van der Waals surface area contributed by atoms with Gasteiger partial charge in [0.2, 0.25) is 0 Å². The van der Waals surface area contributed by atoms with Gasteiger partial charge in [-0.2, -0.15) is 5.10 Å². The third-order valence-electron chi connectivity index (χ3n) is 4.66. The van der Waals surface area contributed by atoms with Crippen molar-refractivity contribution in [1.29, 1.82) is 0 Å². The topological polar surface area (TPSA) is 69.0 Å². The number of hydrogen-bond acceptors (Lipinski definition) is 4. The summed E-state index contributed by atoms with van der Waals surface area (Å²) in [4.78, 5) is 13.1. The van der Waals surface area contributed by atoms with Gasteiger partial charge in [0.15, 0.2) is 9.84 Å². The molecule has 5 nitrogen and oxygen atoms in total. The molecule has 0 aliphatic carbocycles. The minimum absolute atomic E-state index is 0.0882. The number of benzene rings is 3. The number of aryl methyl sites for hydroxylation is 1. The second-order valence-corrected chi connectivity index (χ2v) is 8.67. The molecule has 1 aromatic heterocycles. The van der Waals surface area contributed by atoms with E-state index in [0.717, 1.165) is 0 Å². The predicted molar refractivity (Wildman–Crippen MR) is 110 cm³/mol. The summed E-state index contributed by atoms with van der Waals surface area (Å²) in [5.41, 5.74) is 0.772. The molecule has 0 bridgehead atoms. The lowest BCUT2D eigenvalue weighted by Gasteiger charge is -2.12. The van der Waals surface area contributed by atoms with Gasteiger partial charge in [0, 0.05) is 10.9 Å². The summed E-state index contributed by atoms with van der Waals surface area (Å²) in [7, 11) is -3.56. The van der Waals surface area contributed by atoms with E-state index in [0.29, 0.717) is 22.0 Å². The van der Waals surface area contributed by atoms with Crippen LogP contribution in [0, 0.1) is 5.82 Å². The third-order valence-corrected chi connectivity index (χ3v) is 6.37. The summed E-state index contributed by atoms with van der Waals surface area (Å²) in [5.74, 6) is -0.634. The van der Waals surface area contributed by atoms with Gasteiger partial charge in [0.25, 0.3) is 5.56 Å². The number of aromatic nitrogens is 2. The van der Waals surface area contributed by atoms with E-state index in [1.165, 1.54) is 28.9 Å². The summed E-state index contributed by atoms with van der Waals surface area (Å²) >= 11 is 0. The highest BCUT2D eigenvalue weighted by Gasteiger charge is 2.17. The summed E-state index contributed by atoms with van der Waals surface area (Å²) in [6.45, 7) is -0.0882. The molecule has 3 aromatic carbocycles. The molecule has 4 aromatic rings. The van der Waals surface area contributed by atoms with E-state index in [9.17, 15) is 17.6 Å². The van der Waals surface area contributed by atoms with Crippen LogP contribution in [0.15, 0.2) is 88.6 Å². The average Bonchev–Trinajstić information content (AvgIpc) is 2.75. The maximum atomic E-state index is 13.3. The van der Waals surface area contributed by atoms with Crippen molar-refractivity contribution in [3.05, 3.63) is 95.0 Å². The van der Waals surface area contributed by atoms with E-state index in [1.54, 1.807) is 54.6 Å². The quantitative estimate of drug-likeness (QED) is 0.505. The first-order valence-corrected chi connectivity index (χ1v) is 10.6. The van der Waals surface area contributed by atoms with Crippen LogP contribution in [-0.2, 0) is 16.4 Å². The van der Waals surface area contributed by atoms with Gasteiger partial charge in [-0.25, -0.2) is 17.5 Å². The number of halogens is 1. The van der Waals surface area contributed by atoms with Gasteiger partial charge in [-0.15, -0.1) is 0 Å². The molecule has 0 amide bonds. The van der Waals surface area contributed by atoms with Crippen LogP contribution >= 0.6 is 0 Å². The molecule has 0 aliphatic heterocycles. The first-order valence-electron chi connectivity index (χ1n) is 8.99. The molecule has 0 radical (unpaired) electrons. The number of hydrogen-bond donors (Lipinski definition) is 0. The summed E-state index contributed by atoms with van der Waals surface area (Å²) < 4.78 is 39.7. The zero-order valence-corrected chi connectivity index (χ0v) is 16.1. The first-order chi connectivity index (χ1) is 14.0. The van der Waals surface area contributed by atoms with Crippen LogP contribution in [-0.4, -0.2) is 24.0 Å². The molecule has 146 valence electrons. The van der Waals surface area contributed by atoms with Crippen molar-refractivity contribution in [2.75, 3.05) is 5.75 Å². The van der Waals surface area contributed by atoms with E-state index >= 15 is 0 Å². The van der Waals surface area contributed by atoms with Crippen molar-refractivity contribution in [2.45, 2.75) is 11.4 Å². The zero-order chi connectivity index (χ0) is 20.4. The Morgan fingerprint density at radius 3 is 2.14 bits per heavy atom. The maximum Gasteiger partial charge on any atom is 0.274 e. The molecular weight excluding hydrogens is 391 g/mol. The normalized spacial score (nSPS) is 11.6. The standard InChI is InChI=1S/C22H17FN2O3S/c23-17-12-10-16(11-13-17)21-19-8-4-5-9-20(19)22(26)25(24-21)14-15-29(27,28)18-6-2-1-3-7-18/h1-13H,14-15H2. The minimum Gasteiger partial charge on any atom is -0.267 e. The second kappa shape index (κ2) is 7.60. The van der Waals surface area contributed by atoms with Crippen LogP contribution < -0.4 is 5.56 Å². The van der Waals surface area contributed by atoms with Gasteiger partial charge in [0.1, 0.15) is 5.82 Å². The Labute approximate surface area is 167 Å². The van der Waals surface area contributed by atoms with Crippen LogP contribution in [0.2, 0.25) is 0 Å². The first kappa shape index (κ1) is 19.0. The third kappa shape index (κ3) is 3.82. The fourth-order valence-corrected chi connectivity index (χ4v) is 4.38. The van der Waals surface area contributed by atoms with E-state index in [2.05, 4.69) is 5.10 Å². The Morgan fingerprint density at radius 1 is 0.828 bits per heavy atom. The van der Waals surface area contributed by atoms with E-state index in [1.807, 2.05) is 0 Å². The molecule has 0 N–H and O–H groups in total. The Balaban J connectivity index is 1.78. The lowest BCUT2D eigenvalue weighted by molar-refractivity contribution is 0.574. The van der Waals surface area contributed by atoms with Gasteiger partial charge < -0.3 is 0 Å². The number of fused-ring (bicyclic) bond motifs is 1. The smallest absolute Gasteiger partial charge is 0.267 e. The van der Waals surface area contributed by atoms with E-state index < -0.39 is 9.84 Å².